The van der Waals surface area contributed by atoms with Crippen LogP contribution in [0, 0.1) is 0 Å². The maximum Gasteiger partial charge on any atom is 0.319 e. The van der Waals surface area contributed by atoms with Gasteiger partial charge in [-0.15, -0.1) is 23.5 Å². The number of anilines is 1. The predicted octanol–water partition coefficient (Wildman–Crippen LogP) is 4.41. The molecule has 2 amide bonds. The maximum absolute atomic E-state index is 12.0. The van der Waals surface area contributed by atoms with Gasteiger partial charge in [-0.3, -0.25) is 0 Å². The first kappa shape index (κ1) is 19.5. The highest BCUT2D eigenvalue weighted by Gasteiger charge is 2.18. The van der Waals surface area contributed by atoms with Crippen molar-refractivity contribution < 1.29 is 4.79 Å². The lowest BCUT2D eigenvalue weighted by molar-refractivity contribution is 0.250. The zero-order valence-electron chi connectivity index (χ0n) is 14.9. The van der Waals surface area contributed by atoms with E-state index in [9.17, 15) is 4.79 Å². The Morgan fingerprint density at radius 2 is 2.04 bits per heavy atom. The van der Waals surface area contributed by atoms with Gasteiger partial charge < -0.3 is 15.5 Å². The van der Waals surface area contributed by atoms with E-state index in [4.69, 9.17) is 0 Å². The zero-order valence-corrected chi connectivity index (χ0v) is 16.5. The Balaban J connectivity index is 1.68. The second-order valence-corrected chi connectivity index (χ2v) is 9.09. The van der Waals surface area contributed by atoms with E-state index in [2.05, 4.69) is 48.6 Å². The number of amides is 2. The Labute approximate surface area is 154 Å². The predicted molar refractivity (Wildman–Crippen MR) is 108 cm³/mol. The summed E-state index contributed by atoms with van der Waals surface area (Å²) >= 11 is 3.95. The molecular weight excluding hydrogens is 338 g/mol. The molecule has 4 nitrogen and oxygen atoms in total. The minimum Gasteiger partial charge on any atom is -0.338 e. The fourth-order valence-corrected chi connectivity index (χ4v) is 5.27. The summed E-state index contributed by atoms with van der Waals surface area (Å²) in [6.45, 7) is 6.18. The van der Waals surface area contributed by atoms with Crippen molar-refractivity contribution in [2.75, 3.05) is 37.0 Å². The number of urea groups is 1. The van der Waals surface area contributed by atoms with Crippen LogP contribution >= 0.6 is 23.5 Å². The summed E-state index contributed by atoms with van der Waals surface area (Å²) in [6, 6.07) is 8.66. The van der Waals surface area contributed by atoms with E-state index in [-0.39, 0.29) is 6.03 Å². The minimum absolute atomic E-state index is 0.115. The summed E-state index contributed by atoms with van der Waals surface area (Å²) in [6.07, 6.45) is 2.10. The molecule has 1 aromatic carbocycles. The third kappa shape index (κ3) is 6.57. The smallest absolute Gasteiger partial charge is 0.319 e. The van der Waals surface area contributed by atoms with Gasteiger partial charge in [-0.2, -0.15) is 0 Å². The number of unbranched alkanes of at least 4 members (excludes halogenated alkanes) is 1. The summed E-state index contributed by atoms with van der Waals surface area (Å²) in [5.41, 5.74) is 2.16. The zero-order chi connectivity index (χ0) is 17.4. The number of carbonyl (C=O) groups excluding carboxylic acids is 1. The van der Waals surface area contributed by atoms with Crippen LogP contribution < -0.4 is 10.6 Å². The molecule has 1 aliphatic rings. The Morgan fingerprint density at radius 3 is 2.75 bits per heavy atom. The van der Waals surface area contributed by atoms with E-state index in [1.165, 1.54) is 17.1 Å². The molecule has 0 atom stereocenters. The van der Waals surface area contributed by atoms with Gasteiger partial charge in [-0.25, -0.2) is 4.79 Å². The fourth-order valence-electron chi connectivity index (χ4n) is 2.44. The van der Waals surface area contributed by atoms with Crippen molar-refractivity contribution in [2.24, 2.45) is 0 Å². The topological polar surface area (TPSA) is 44.4 Å². The fraction of sp³-hybridized carbons (Fsp3) is 0.611. The molecule has 0 saturated carbocycles. The van der Waals surface area contributed by atoms with Crippen molar-refractivity contribution >= 4 is 35.2 Å². The number of benzene rings is 1. The summed E-state index contributed by atoms with van der Waals surface area (Å²) < 4.78 is 0.507. The van der Waals surface area contributed by atoms with Crippen molar-refractivity contribution in [1.82, 2.24) is 10.2 Å². The van der Waals surface area contributed by atoms with E-state index in [0.29, 0.717) is 17.2 Å². The molecule has 1 aliphatic heterocycles. The third-order valence-electron chi connectivity index (χ3n) is 4.14. The molecule has 0 unspecified atom stereocenters. The van der Waals surface area contributed by atoms with Crippen molar-refractivity contribution in [2.45, 2.75) is 37.3 Å². The first-order chi connectivity index (χ1) is 11.6. The van der Waals surface area contributed by atoms with E-state index >= 15 is 0 Å². The van der Waals surface area contributed by atoms with Crippen molar-refractivity contribution in [3.8, 4) is 0 Å². The molecule has 134 valence electrons. The minimum atomic E-state index is -0.115. The highest BCUT2D eigenvalue weighted by atomic mass is 32.2. The monoisotopic (exact) mass is 367 g/mol. The van der Waals surface area contributed by atoms with Gasteiger partial charge in [0.1, 0.15) is 0 Å². The van der Waals surface area contributed by atoms with E-state index < -0.39 is 0 Å². The standard InChI is InChI=1S/C18H29N3OS2/c1-14(2)21(3)10-5-4-9-19-18(22)20-16-8-6-7-15(13-16)17-23-11-12-24-17/h6-8,13-14,17H,4-5,9-12H2,1-3H3,(H2,19,20,22). The molecule has 0 bridgehead atoms. The van der Waals surface area contributed by atoms with Gasteiger partial charge in [-0.1, -0.05) is 12.1 Å². The molecule has 0 spiro atoms. The number of carbonyl (C=O) groups is 1. The van der Waals surface area contributed by atoms with Crippen LogP contribution in [0.2, 0.25) is 0 Å². The number of nitrogens with one attached hydrogen (secondary N) is 2. The maximum atomic E-state index is 12.0. The Bertz CT molecular complexity index is 519. The lowest BCUT2D eigenvalue weighted by Crippen LogP contribution is -2.31. The second kappa shape index (κ2) is 10.2. The normalized spacial score (nSPS) is 15.2. The van der Waals surface area contributed by atoms with Crippen LogP contribution in [0.5, 0.6) is 0 Å². The molecular formula is C18H29N3OS2. The lowest BCUT2D eigenvalue weighted by atomic mass is 10.2. The summed E-state index contributed by atoms with van der Waals surface area (Å²) in [5.74, 6) is 2.42. The average Bonchev–Trinajstić information content (AvgIpc) is 3.09. The highest BCUT2D eigenvalue weighted by Crippen LogP contribution is 2.45. The molecule has 2 rings (SSSR count). The van der Waals surface area contributed by atoms with Crippen LogP contribution in [0.1, 0.15) is 36.8 Å². The quantitative estimate of drug-likeness (QED) is 0.668. The molecule has 2 N–H and O–H groups in total. The van der Waals surface area contributed by atoms with Crippen LogP contribution in [-0.4, -0.2) is 48.6 Å². The van der Waals surface area contributed by atoms with Gasteiger partial charge in [-0.05, 0) is 58.0 Å². The van der Waals surface area contributed by atoms with E-state index in [1.54, 1.807) is 0 Å². The van der Waals surface area contributed by atoms with Gasteiger partial charge in [0.2, 0.25) is 0 Å². The van der Waals surface area contributed by atoms with Gasteiger partial charge in [0.05, 0.1) is 4.58 Å². The molecule has 1 aromatic rings. The first-order valence-electron chi connectivity index (χ1n) is 8.64. The Kier molecular flexibility index (Phi) is 8.29. The molecule has 6 heteroatoms. The highest BCUT2D eigenvalue weighted by molar-refractivity contribution is 8.19. The molecule has 1 heterocycles. The van der Waals surface area contributed by atoms with E-state index in [1.807, 2.05) is 35.7 Å². The van der Waals surface area contributed by atoms with Crippen LogP contribution in [0.25, 0.3) is 0 Å². The average molecular weight is 368 g/mol. The second-order valence-electron chi connectivity index (χ2n) is 6.36. The number of hydrogen-bond donors (Lipinski definition) is 2. The third-order valence-corrected chi connectivity index (χ3v) is 7.25. The van der Waals surface area contributed by atoms with Crippen molar-refractivity contribution in [3.05, 3.63) is 29.8 Å². The molecule has 1 saturated heterocycles. The SMILES string of the molecule is CC(C)N(C)CCCCNC(=O)Nc1cccc(C2SCCS2)c1. The van der Waals surface area contributed by atoms with Gasteiger partial charge in [0, 0.05) is 29.8 Å². The van der Waals surface area contributed by atoms with E-state index in [0.717, 1.165) is 25.1 Å². The Morgan fingerprint density at radius 1 is 1.29 bits per heavy atom. The van der Waals surface area contributed by atoms with Crippen LogP contribution in [-0.2, 0) is 0 Å². The number of rotatable bonds is 8. The molecule has 1 fully saturated rings. The van der Waals surface area contributed by atoms with Crippen LogP contribution in [0.3, 0.4) is 0 Å². The summed E-state index contributed by atoms with van der Waals surface area (Å²) in [5, 5.41) is 5.89. The molecule has 0 radical (unpaired) electrons. The summed E-state index contributed by atoms with van der Waals surface area (Å²) in [7, 11) is 2.14. The van der Waals surface area contributed by atoms with Crippen molar-refractivity contribution in [3.63, 3.8) is 0 Å². The van der Waals surface area contributed by atoms with Gasteiger partial charge >= 0.3 is 6.03 Å². The first-order valence-corrected chi connectivity index (χ1v) is 10.7. The van der Waals surface area contributed by atoms with Crippen LogP contribution in [0.4, 0.5) is 10.5 Å². The lowest BCUT2D eigenvalue weighted by Gasteiger charge is -2.20. The number of hydrogen-bond acceptors (Lipinski definition) is 4. The molecule has 24 heavy (non-hydrogen) atoms. The van der Waals surface area contributed by atoms with Crippen LogP contribution in [0.15, 0.2) is 24.3 Å². The van der Waals surface area contributed by atoms with Crippen molar-refractivity contribution in [1.29, 1.82) is 0 Å². The number of nitrogens with zero attached hydrogens (tertiary/aromatic N) is 1. The summed E-state index contributed by atoms with van der Waals surface area (Å²) in [4.78, 5) is 14.3. The molecule has 0 aromatic heterocycles. The van der Waals surface area contributed by atoms with Gasteiger partial charge in [0.15, 0.2) is 0 Å². The van der Waals surface area contributed by atoms with Gasteiger partial charge in [0.25, 0.3) is 0 Å². The largest absolute Gasteiger partial charge is 0.338 e. The number of thioether (sulfide) groups is 2. The molecule has 0 aliphatic carbocycles. The Hall–Kier alpha value is -0.850.